The van der Waals surface area contributed by atoms with Gasteiger partial charge in [-0.3, -0.25) is 0 Å². The number of carbonyl (C=O) groups is 1. The quantitative estimate of drug-likeness (QED) is 0.920. The van der Waals surface area contributed by atoms with Crippen molar-refractivity contribution in [3.63, 3.8) is 0 Å². The Bertz CT molecular complexity index is 697. The Hall–Kier alpha value is -2.51. The number of carboxylic acid groups (broad SMARTS) is 1. The van der Waals surface area contributed by atoms with E-state index in [9.17, 15) is 23.1 Å². The highest BCUT2D eigenvalue weighted by molar-refractivity contribution is 5.84. The van der Waals surface area contributed by atoms with Gasteiger partial charge in [-0.05, 0) is 5.56 Å². The second-order valence-corrected chi connectivity index (χ2v) is 5.05. The molecule has 22 heavy (non-hydrogen) atoms. The number of carbonyl (C=O) groups excluding carboxylic acids is 1. The Labute approximate surface area is 123 Å². The number of aromatic carboxylic acids is 1. The number of hydrogen-bond acceptors (Lipinski definition) is 4. The molecule has 3 rings (SSSR count). The maximum absolute atomic E-state index is 13.3. The van der Waals surface area contributed by atoms with Crippen LogP contribution in [0.15, 0.2) is 36.4 Å². The molecule has 0 amide bonds. The highest BCUT2D eigenvalue weighted by Crippen LogP contribution is 2.43. The van der Waals surface area contributed by atoms with E-state index in [1.165, 1.54) is 0 Å². The lowest BCUT2D eigenvalue weighted by molar-refractivity contribution is -0.255. The van der Waals surface area contributed by atoms with Crippen LogP contribution in [0.1, 0.15) is 34.6 Å². The number of fused-ring (bicyclic) bond motifs is 1. The van der Waals surface area contributed by atoms with Crippen LogP contribution >= 0.6 is 0 Å². The summed E-state index contributed by atoms with van der Waals surface area (Å²) in [6.07, 6.45) is -4.80. The number of anilines is 1. The number of alkyl halides is 3. The van der Waals surface area contributed by atoms with Gasteiger partial charge >= 0.3 is 6.18 Å². The number of benzene rings is 1. The van der Waals surface area contributed by atoms with Crippen LogP contribution in [0.2, 0.25) is 0 Å². The number of carboxylic acids is 1. The summed E-state index contributed by atoms with van der Waals surface area (Å²) < 4.78 is 40.5. The summed E-state index contributed by atoms with van der Waals surface area (Å²) in [5.74, 6) is -1.59. The van der Waals surface area contributed by atoms with Crippen LogP contribution in [-0.4, -0.2) is 21.9 Å². The molecule has 0 saturated carbocycles. The smallest absolute Gasteiger partial charge is 0.410 e. The average Bonchev–Trinajstić information content (AvgIpc) is 2.90. The highest BCUT2D eigenvalue weighted by Gasteiger charge is 2.46. The molecule has 0 unspecified atom stereocenters. The molecule has 1 aliphatic rings. The minimum Gasteiger partial charge on any atom is -0.543 e. The second kappa shape index (κ2) is 5.04. The van der Waals surface area contributed by atoms with E-state index in [1.54, 1.807) is 30.3 Å². The van der Waals surface area contributed by atoms with E-state index in [2.05, 4.69) is 10.4 Å². The Kier molecular flexibility index (Phi) is 3.31. The predicted octanol–water partition coefficient (Wildman–Crippen LogP) is 1.91. The van der Waals surface area contributed by atoms with E-state index in [0.29, 0.717) is 10.2 Å². The number of halogens is 3. The molecule has 8 heteroatoms. The Morgan fingerprint density at radius 1 is 1.32 bits per heavy atom. The van der Waals surface area contributed by atoms with Gasteiger partial charge in [0.2, 0.25) is 0 Å². The summed E-state index contributed by atoms with van der Waals surface area (Å²) in [7, 11) is 0. The zero-order chi connectivity index (χ0) is 15.9. The molecule has 0 saturated heterocycles. The fourth-order valence-corrected chi connectivity index (χ4v) is 2.58. The summed E-state index contributed by atoms with van der Waals surface area (Å²) in [5, 5.41) is 17.2. The molecule has 1 aliphatic heterocycles. The molecule has 2 heterocycles. The molecular formula is C14H11F3N3O2-. The van der Waals surface area contributed by atoms with E-state index in [1.807, 2.05) is 0 Å². The molecule has 0 bridgehead atoms. The molecule has 5 nitrogen and oxygen atoms in total. The molecule has 2 aromatic rings. The van der Waals surface area contributed by atoms with E-state index < -0.39 is 29.9 Å². The molecule has 2 atom stereocenters. The van der Waals surface area contributed by atoms with Crippen molar-refractivity contribution in [2.45, 2.75) is 24.7 Å². The van der Waals surface area contributed by atoms with E-state index >= 15 is 0 Å². The number of nitrogens with zero attached hydrogens (tertiary/aromatic N) is 2. The van der Waals surface area contributed by atoms with Gasteiger partial charge in [0, 0.05) is 12.5 Å². The predicted molar refractivity (Wildman–Crippen MR) is 69.1 cm³/mol. The first kappa shape index (κ1) is 14.4. The van der Waals surface area contributed by atoms with E-state index in [4.69, 9.17) is 0 Å². The Morgan fingerprint density at radius 2 is 2.00 bits per heavy atom. The first-order valence-corrected chi connectivity index (χ1v) is 6.55. The van der Waals surface area contributed by atoms with E-state index in [0.717, 1.165) is 6.07 Å². The van der Waals surface area contributed by atoms with Crippen molar-refractivity contribution in [1.82, 2.24) is 9.78 Å². The lowest BCUT2D eigenvalue weighted by atomic mass is 9.97. The number of aromatic nitrogens is 2. The molecule has 0 aliphatic carbocycles. The largest absolute Gasteiger partial charge is 0.543 e. The first-order valence-electron chi connectivity index (χ1n) is 6.55. The third-order valence-electron chi connectivity index (χ3n) is 3.60. The molecule has 0 fully saturated rings. The minimum atomic E-state index is -4.53. The van der Waals surface area contributed by atoms with Crippen LogP contribution in [-0.2, 0) is 0 Å². The lowest BCUT2D eigenvalue weighted by Gasteiger charge is -2.33. The molecular weight excluding hydrogens is 299 g/mol. The molecule has 1 N–H and O–H groups in total. The highest BCUT2D eigenvalue weighted by atomic mass is 19.4. The SMILES string of the molecule is O=C([O-])c1cc2n(n1)[C@@H](C(F)(F)F)C[C@H](c1ccccc1)N2. The fraction of sp³-hybridized carbons (Fsp3) is 0.286. The minimum absolute atomic E-state index is 0.0154. The van der Waals surface area contributed by atoms with Crippen molar-refractivity contribution in [3.05, 3.63) is 47.7 Å². The van der Waals surface area contributed by atoms with E-state index in [-0.39, 0.29) is 12.2 Å². The van der Waals surface area contributed by atoms with Gasteiger partial charge in [0.05, 0.1) is 12.0 Å². The van der Waals surface area contributed by atoms with Crippen LogP contribution in [0.25, 0.3) is 0 Å². The zero-order valence-electron chi connectivity index (χ0n) is 11.2. The summed E-state index contributed by atoms with van der Waals surface area (Å²) in [5.41, 5.74) is 0.171. The molecule has 0 spiro atoms. The third-order valence-corrected chi connectivity index (χ3v) is 3.60. The van der Waals surface area contributed by atoms with Crippen molar-refractivity contribution < 1.29 is 23.1 Å². The third kappa shape index (κ3) is 2.51. The standard InChI is InChI=1S/C14H12F3N3O2/c15-14(16,17)11-6-9(8-4-2-1-3-5-8)18-12-7-10(13(21)22)19-20(11)12/h1-5,7,9,11,18H,6H2,(H,21,22)/p-1/t9-,11-/m1/s1. The summed E-state index contributed by atoms with van der Waals surface area (Å²) in [6.45, 7) is 0. The van der Waals surface area contributed by atoms with Crippen molar-refractivity contribution in [1.29, 1.82) is 0 Å². The monoisotopic (exact) mass is 310 g/mol. The van der Waals surface area contributed by atoms with Crippen molar-refractivity contribution in [2.24, 2.45) is 0 Å². The summed E-state index contributed by atoms with van der Waals surface area (Å²) >= 11 is 0. The van der Waals surface area contributed by atoms with Crippen molar-refractivity contribution in [3.8, 4) is 0 Å². The van der Waals surface area contributed by atoms with Gasteiger partial charge in [-0.2, -0.15) is 18.3 Å². The van der Waals surface area contributed by atoms with Gasteiger partial charge in [0.1, 0.15) is 11.5 Å². The Morgan fingerprint density at radius 3 is 2.59 bits per heavy atom. The maximum atomic E-state index is 13.3. The number of rotatable bonds is 2. The molecule has 0 radical (unpaired) electrons. The summed E-state index contributed by atoms with van der Waals surface area (Å²) in [6, 6.07) is 7.27. The van der Waals surface area contributed by atoms with Crippen molar-refractivity contribution >= 4 is 11.8 Å². The van der Waals surface area contributed by atoms with Gasteiger partial charge < -0.3 is 15.2 Å². The van der Waals surface area contributed by atoms with Gasteiger partial charge in [-0.15, -0.1) is 0 Å². The number of nitrogens with one attached hydrogen (secondary N) is 1. The fourth-order valence-electron chi connectivity index (χ4n) is 2.58. The topological polar surface area (TPSA) is 70.0 Å². The zero-order valence-corrected chi connectivity index (χ0v) is 11.2. The van der Waals surface area contributed by atoms with Crippen LogP contribution in [0.3, 0.4) is 0 Å². The van der Waals surface area contributed by atoms with Gasteiger partial charge in [-0.1, -0.05) is 30.3 Å². The second-order valence-electron chi connectivity index (χ2n) is 5.05. The van der Waals surface area contributed by atoms with Crippen molar-refractivity contribution in [2.75, 3.05) is 5.32 Å². The van der Waals surface area contributed by atoms with Gasteiger partial charge in [-0.25, -0.2) is 4.68 Å². The molecule has 1 aromatic heterocycles. The lowest BCUT2D eigenvalue weighted by Crippen LogP contribution is -2.35. The number of hydrogen-bond donors (Lipinski definition) is 1. The van der Waals surface area contributed by atoms with Crippen LogP contribution in [0.5, 0.6) is 0 Å². The normalized spacial score (nSPS) is 21.0. The Balaban J connectivity index is 2.03. The average molecular weight is 310 g/mol. The first-order chi connectivity index (χ1) is 10.4. The van der Waals surface area contributed by atoms with Gasteiger partial charge in [0.15, 0.2) is 6.04 Å². The van der Waals surface area contributed by atoms with Crippen LogP contribution in [0.4, 0.5) is 19.0 Å². The summed E-state index contributed by atoms with van der Waals surface area (Å²) in [4.78, 5) is 10.8. The van der Waals surface area contributed by atoms with Gasteiger partial charge in [0.25, 0.3) is 0 Å². The molecule has 1 aromatic carbocycles. The maximum Gasteiger partial charge on any atom is 0.410 e. The molecule has 116 valence electrons. The van der Waals surface area contributed by atoms with Crippen LogP contribution < -0.4 is 10.4 Å². The van der Waals surface area contributed by atoms with Crippen LogP contribution in [0, 0.1) is 0 Å².